The Labute approximate surface area is 101 Å². The highest BCUT2D eigenvalue weighted by atomic mass is 32.1. The lowest BCUT2D eigenvalue weighted by Gasteiger charge is -2.01. The summed E-state index contributed by atoms with van der Waals surface area (Å²) in [7, 11) is 0. The van der Waals surface area contributed by atoms with Crippen LogP contribution in [-0.4, -0.2) is 21.8 Å². The minimum Gasteiger partial charge on any atom is -0.356 e. The van der Waals surface area contributed by atoms with E-state index in [0.29, 0.717) is 0 Å². The minimum absolute atomic E-state index is 0.0596. The molecule has 0 spiro atoms. The molecule has 0 atom stereocenters. The first-order chi connectivity index (χ1) is 7.68. The van der Waals surface area contributed by atoms with E-state index in [9.17, 15) is 4.79 Å². The van der Waals surface area contributed by atoms with Crippen molar-refractivity contribution in [1.82, 2.24) is 14.7 Å². The van der Waals surface area contributed by atoms with E-state index >= 15 is 0 Å². The van der Waals surface area contributed by atoms with Crippen LogP contribution in [0.5, 0.6) is 0 Å². The Bertz CT molecular complexity index is 325. The molecule has 1 amide bonds. The lowest BCUT2D eigenvalue weighted by atomic mass is 10.1. The molecule has 1 aromatic rings. The third-order valence-corrected chi connectivity index (χ3v) is 3.12. The third kappa shape index (κ3) is 5.80. The molecule has 16 heavy (non-hydrogen) atoms. The fraction of sp³-hybridized carbons (Fsp3) is 0.727. The molecule has 5 heteroatoms. The molecule has 0 aliphatic rings. The smallest absolute Gasteiger partial charge is 0.216 e. The third-order valence-electron chi connectivity index (χ3n) is 2.26. The van der Waals surface area contributed by atoms with Crippen LogP contribution in [0, 0.1) is 6.92 Å². The van der Waals surface area contributed by atoms with E-state index < -0.39 is 0 Å². The number of aryl methyl sites for hydroxylation is 2. The quantitative estimate of drug-likeness (QED) is 0.744. The van der Waals surface area contributed by atoms with Gasteiger partial charge in [0.2, 0.25) is 5.91 Å². The molecule has 0 bridgehead atoms. The molecule has 0 radical (unpaired) electrons. The summed E-state index contributed by atoms with van der Waals surface area (Å²) in [5, 5.41) is 3.94. The van der Waals surface area contributed by atoms with E-state index in [2.05, 4.69) is 14.7 Å². The Morgan fingerprint density at radius 2 is 2.06 bits per heavy atom. The van der Waals surface area contributed by atoms with Gasteiger partial charge in [-0.2, -0.15) is 4.37 Å². The van der Waals surface area contributed by atoms with Crippen LogP contribution in [0.25, 0.3) is 0 Å². The average molecular weight is 241 g/mol. The van der Waals surface area contributed by atoms with Gasteiger partial charge in [-0.15, -0.1) is 0 Å². The Balaban J connectivity index is 1.94. The number of hydrogen-bond acceptors (Lipinski definition) is 4. The monoisotopic (exact) mass is 241 g/mol. The fourth-order valence-electron chi connectivity index (χ4n) is 1.46. The van der Waals surface area contributed by atoms with Crippen molar-refractivity contribution in [3.63, 3.8) is 0 Å². The van der Waals surface area contributed by atoms with Crippen LogP contribution in [0.3, 0.4) is 0 Å². The Morgan fingerprint density at radius 3 is 2.69 bits per heavy atom. The molecule has 1 aromatic heterocycles. The maximum Gasteiger partial charge on any atom is 0.216 e. The first kappa shape index (κ1) is 13.1. The number of carbonyl (C=O) groups is 1. The maximum atomic E-state index is 10.6. The number of amides is 1. The van der Waals surface area contributed by atoms with Crippen molar-refractivity contribution in [1.29, 1.82) is 0 Å². The van der Waals surface area contributed by atoms with E-state index in [1.54, 1.807) is 6.92 Å². The summed E-state index contributed by atoms with van der Waals surface area (Å²) in [6.07, 6.45) is 5.62. The summed E-state index contributed by atoms with van der Waals surface area (Å²) in [5.41, 5.74) is 0. The molecule has 0 aliphatic heterocycles. The molecule has 90 valence electrons. The first-order valence-corrected chi connectivity index (χ1v) is 6.49. The summed E-state index contributed by atoms with van der Waals surface area (Å²) in [5.74, 6) is 0.940. The van der Waals surface area contributed by atoms with E-state index in [4.69, 9.17) is 0 Å². The van der Waals surface area contributed by atoms with Gasteiger partial charge in [-0.1, -0.05) is 12.8 Å². The van der Waals surface area contributed by atoms with Gasteiger partial charge >= 0.3 is 0 Å². The predicted molar refractivity (Wildman–Crippen MR) is 65.5 cm³/mol. The molecule has 0 unspecified atom stereocenters. The molecule has 0 aliphatic carbocycles. The molecule has 1 N–H and O–H groups in total. The lowest BCUT2D eigenvalue weighted by Crippen LogP contribution is -2.20. The number of aromatic nitrogens is 2. The van der Waals surface area contributed by atoms with Crippen molar-refractivity contribution in [2.75, 3.05) is 6.54 Å². The van der Waals surface area contributed by atoms with Gasteiger partial charge in [-0.25, -0.2) is 4.98 Å². The number of unbranched alkanes of at least 4 members (excludes halogenated alkanes) is 3. The topological polar surface area (TPSA) is 54.9 Å². The van der Waals surface area contributed by atoms with Crippen molar-refractivity contribution in [2.45, 2.75) is 46.0 Å². The zero-order chi connectivity index (χ0) is 11.8. The normalized spacial score (nSPS) is 10.4. The Hall–Kier alpha value is -0.970. The zero-order valence-electron chi connectivity index (χ0n) is 9.95. The standard InChI is InChI=1S/C11H19N3OS/c1-9-13-11(16-14-9)7-5-3-4-6-8-12-10(2)15/h3-8H2,1-2H3,(H,12,15). The summed E-state index contributed by atoms with van der Waals surface area (Å²) in [6.45, 7) is 4.28. The highest BCUT2D eigenvalue weighted by molar-refractivity contribution is 7.05. The highest BCUT2D eigenvalue weighted by Gasteiger charge is 1.99. The molecular formula is C11H19N3OS. The van der Waals surface area contributed by atoms with Gasteiger partial charge in [0.05, 0.1) is 0 Å². The van der Waals surface area contributed by atoms with Crippen LogP contribution in [0.4, 0.5) is 0 Å². The summed E-state index contributed by atoms with van der Waals surface area (Å²) < 4.78 is 4.15. The van der Waals surface area contributed by atoms with Gasteiger partial charge in [0, 0.05) is 19.9 Å². The Kier molecular flexibility index (Phi) is 6.00. The maximum absolute atomic E-state index is 10.6. The van der Waals surface area contributed by atoms with Crippen molar-refractivity contribution in [3.8, 4) is 0 Å². The summed E-state index contributed by atoms with van der Waals surface area (Å²) >= 11 is 1.50. The lowest BCUT2D eigenvalue weighted by molar-refractivity contribution is -0.118. The van der Waals surface area contributed by atoms with Crippen LogP contribution in [0.2, 0.25) is 0 Å². The predicted octanol–water partition coefficient (Wildman–Crippen LogP) is 2.09. The second kappa shape index (κ2) is 7.33. The fourth-order valence-corrected chi connectivity index (χ4v) is 2.15. The Morgan fingerprint density at radius 1 is 1.31 bits per heavy atom. The number of nitrogens with one attached hydrogen (secondary N) is 1. The number of carbonyl (C=O) groups excluding carboxylic acids is 1. The van der Waals surface area contributed by atoms with Crippen LogP contribution in [0.15, 0.2) is 0 Å². The SMILES string of the molecule is CC(=O)NCCCCCCc1nc(C)ns1. The summed E-state index contributed by atoms with van der Waals surface area (Å²) in [6, 6.07) is 0. The van der Waals surface area contributed by atoms with Gasteiger partial charge < -0.3 is 5.32 Å². The van der Waals surface area contributed by atoms with E-state index in [0.717, 1.165) is 43.1 Å². The number of nitrogens with zero attached hydrogens (tertiary/aromatic N) is 2. The van der Waals surface area contributed by atoms with E-state index in [-0.39, 0.29) is 5.91 Å². The van der Waals surface area contributed by atoms with Crippen molar-refractivity contribution in [2.24, 2.45) is 0 Å². The van der Waals surface area contributed by atoms with Crippen LogP contribution in [0.1, 0.15) is 43.4 Å². The molecule has 0 fully saturated rings. The minimum atomic E-state index is 0.0596. The van der Waals surface area contributed by atoms with E-state index in [1.165, 1.54) is 18.0 Å². The first-order valence-electron chi connectivity index (χ1n) is 5.72. The van der Waals surface area contributed by atoms with Gasteiger partial charge in [0.1, 0.15) is 10.8 Å². The molecule has 0 aromatic carbocycles. The van der Waals surface area contributed by atoms with Crippen molar-refractivity contribution >= 4 is 17.4 Å². The second-order valence-corrected chi connectivity index (χ2v) is 4.72. The molecule has 1 rings (SSSR count). The number of rotatable bonds is 7. The van der Waals surface area contributed by atoms with Crippen LogP contribution < -0.4 is 5.32 Å². The number of hydrogen-bond donors (Lipinski definition) is 1. The molecule has 0 saturated carbocycles. The van der Waals surface area contributed by atoms with Gasteiger partial charge in [0.25, 0.3) is 0 Å². The zero-order valence-corrected chi connectivity index (χ0v) is 10.8. The summed E-state index contributed by atoms with van der Waals surface area (Å²) in [4.78, 5) is 14.9. The second-order valence-electron chi connectivity index (χ2n) is 3.88. The van der Waals surface area contributed by atoms with Gasteiger partial charge in [0.15, 0.2) is 0 Å². The van der Waals surface area contributed by atoms with Gasteiger partial charge in [-0.3, -0.25) is 4.79 Å². The van der Waals surface area contributed by atoms with Crippen molar-refractivity contribution < 1.29 is 4.79 Å². The van der Waals surface area contributed by atoms with Gasteiger partial charge in [-0.05, 0) is 31.3 Å². The molecule has 0 saturated heterocycles. The molecule has 4 nitrogen and oxygen atoms in total. The largest absolute Gasteiger partial charge is 0.356 e. The van der Waals surface area contributed by atoms with E-state index in [1.807, 2.05) is 6.92 Å². The highest BCUT2D eigenvalue weighted by Crippen LogP contribution is 2.09. The average Bonchev–Trinajstić information content (AvgIpc) is 2.62. The van der Waals surface area contributed by atoms with Crippen molar-refractivity contribution in [3.05, 3.63) is 10.8 Å². The molecule has 1 heterocycles. The molecular weight excluding hydrogens is 222 g/mol. The van der Waals surface area contributed by atoms with Crippen LogP contribution in [-0.2, 0) is 11.2 Å². The van der Waals surface area contributed by atoms with Crippen LogP contribution >= 0.6 is 11.5 Å².